The molecule has 5 rings (SSSR count). The van der Waals surface area contributed by atoms with Crippen molar-refractivity contribution in [2.24, 2.45) is 11.8 Å². The fraction of sp³-hybridized carbons (Fsp3) is 0.348. The summed E-state index contributed by atoms with van der Waals surface area (Å²) in [5.41, 5.74) is 1.67. The molecule has 2 heterocycles. The third kappa shape index (κ3) is 4.14. The summed E-state index contributed by atoms with van der Waals surface area (Å²) in [7, 11) is 0. The second-order valence-corrected chi connectivity index (χ2v) is 9.05. The molecule has 3 aromatic rings. The quantitative estimate of drug-likeness (QED) is 0.620. The van der Waals surface area contributed by atoms with E-state index in [1.165, 1.54) is 23.5 Å². The van der Waals surface area contributed by atoms with Crippen molar-refractivity contribution in [3.05, 3.63) is 65.3 Å². The topological polar surface area (TPSA) is 45.6 Å². The van der Waals surface area contributed by atoms with Crippen LogP contribution < -0.4 is 9.64 Å². The van der Waals surface area contributed by atoms with Crippen LogP contribution in [0.25, 0.3) is 11.3 Å². The number of fused-ring (bicyclic) bond motifs is 1. The molecule has 2 fully saturated rings. The van der Waals surface area contributed by atoms with Crippen molar-refractivity contribution >= 4 is 16.5 Å². The van der Waals surface area contributed by atoms with E-state index in [2.05, 4.69) is 4.90 Å². The first-order chi connectivity index (χ1) is 15.0. The van der Waals surface area contributed by atoms with Crippen LogP contribution in [0.2, 0.25) is 0 Å². The van der Waals surface area contributed by atoms with E-state index in [9.17, 15) is 18.3 Å². The molecule has 4 atom stereocenters. The smallest absolute Gasteiger partial charge is 0.185 e. The minimum Gasteiger partial charge on any atom is -0.485 e. The third-order valence-electron chi connectivity index (χ3n) is 6.16. The standard InChI is InChI=1S/C23H21F3N2O2S/c24-16-3-1-13(2-4-16)19-12-31-23(27-19)28-10-14-7-20(29)22(8-15(14)11-28)30-21-9-17(25)5-6-18(21)26/h1-6,9,12,14-15,20,22,29H,7-8,10-11H2/t14-,15+,20+,22+/m0/s1. The number of hydrogen-bond acceptors (Lipinski definition) is 5. The summed E-state index contributed by atoms with van der Waals surface area (Å²) in [6.45, 7) is 1.54. The molecule has 0 unspecified atom stereocenters. The first-order valence-electron chi connectivity index (χ1n) is 10.2. The Bertz CT molecular complexity index is 1070. The predicted molar refractivity (Wildman–Crippen MR) is 113 cm³/mol. The largest absolute Gasteiger partial charge is 0.485 e. The second-order valence-electron chi connectivity index (χ2n) is 8.22. The molecule has 0 amide bonds. The van der Waals surface area contributed by atoms with E-state index in [-0.39, 0.29) is 23.4 Å². The van der Waals surface area contributed by atoms with Crippen molar-refractivity contribution < 1.29 is 23.0 Å². The summed E-state index contributed by atoms with van der Waals surface area (Å²) >= 11 is 1.54. The van der Waals surface area contributed by atoms with Gasteiger partial charge in [-0.3, -0.25) is 0 Å². The summed E-state index contributed by atoms with van der Waals surface area (Å²) in [5, 5.41) is 13.4. The average molecular weight is 446 g/mol. The first-order valence-corrected chi connectivity index (χ1v) is 11.1. The molecule has 1 aliphatic carbocycles. The zero-order valence-corrected chi connectivity index (χ0v) is 17.4. The number of anilines is 1. The summed E-state index contributed by atoms with van der Waals surface area (Å²) in [4.78, 5) is 6.91. The molecule has 0 spiro atoms. The first kappa shape index (κ1) is 20.3. The predicted octanol–water partition coefficient (Wildman–Crippen LogP) is 4.88. The Morgan fingerprint density at radius 2 is 1.68 bits per heavy atom. The summed E-state index contributed by atoms with van der Waals surface area (Å²) in [5.74, 6) is -1.11. The number of thiazole rings is 1. The zero-order chi connectivity index (χ0) is 21.5. The van der Waals surface area contributed by atoms with Gasteiger partial charge in [0.25, 0.3) is 0 Å². The molecule has 4 nitrogen and oxygen atoms in total. The number of benzene rings is 2. The minimum absolute atomic E-state index is 0.166. The third-order valence-corrected chi connectivity index (χ3v) is 7.06. The van der Waals surface area contributed by atoms with E-state index in [0.717, 1.165) is 47.7 Å². The van der Waals surface area contributed by atoms with E-state index in [0.29, 0.717) is 12.8 Å². The van der Waals surface area contributed by atoms with Crippen LogP contribution in [0.1, 0.15) is 12.8 Å². The van der Waals surface area contributed by atoms with E-state index in [1.54, 1.807) is 12.1 Å². The average Bonchev–Trinajstić information content (AvgIpc) is 3.38. The van der Waals surface area contributed by atoms with Gasteiger partial charge in [-0.2, -0.15) is 0 Å². The normalized spacial score (nSPS) is 25.5. The Kier molecular flexibility index (Phi) is 5.35. The van der Waals surface area contributed by atoms with Gasteiger partial charge < -0.3 is 14.7 Å². The van der Waals surface area contributed by atoms with Crippen molar-refractivity contribution in [1.82, 2.24) is 4.98 Å². The number of halogens is 3. The SMILES string of the molecule is O[C@@H]1C[C@H]2CN(c3nc(-c4ccc(F)cc4)cs3)C[C@H]2C[C@H]1Oc1cc(F)ccc1F. The molecule has 8 heteroatoms. The Labute approximate surface area is 181 Å². The van der Waals surface area contributed by atoms with Crippen LogP contribution in [0.5, 0.6) is 5.75 Å². The monoisotopic (exact) mass is 446 g/mol. The lowest BCUT2D eigenvalue weighted by Gasteiger charge is -2.35. The molecule has 1 saturated carbocycles. The highest BCUT2D eigenvalue weighted by atomic mass is 32.1. The maximum absolute atomic E-state index is 14.0. The molecule has 1 saturated heterocycles. The van der Waals surface area contributed by atoms with Crippen LogP contribution >= 0.6 is 11.3 Å². The van der Waals surface area contributed by atoms with Crippen molar-refractivity contribution in [2.45, 2.75) is 25.0 Å². The van der Waals surface area contributed by atoms with Crippen molar-refractivity contribution in [3.63, 3.8) is 0 Å². The molecule has 1 aliphatic heterocycles. The number of rotatable bonds is 4. The highest BCUT2D eigenvalue weighted by Gasteiger charge is 2.43. The van der Waals surface area contributed by atoms with Crippen molar-refractivity contribution in [2.75, 3.05) is 18.0 Å². The van der Waals surface area contributed by atoms with Gasteiger partial charge in [-0.15, -0.1) is 11.3 Å². The van der Waals surface area contributed by atoms with Crippen LogP contribution in [-0.2, 0) is 0 Å². The Balaban J connectivity index is 1.27. The molecule has 31 heavy (non-hydrogen) atoms. The Morgan fingerprint density at radius 3 is 2.45 bits per heavy atom. The Morgan fingerprint density at radius 1 is 0.968 bits per heavy atom. The number of aliphatic hydroxyl groups excluding tert-OH is 1. The van der Waals surface area contributed by atoms with Gasteiger partial charge in [-0.25, -0.2) is 18.2 Å². The minimum atomic E-state index is -0.741. The lowest BCUT2D eigenvalue weighted by atomic mass is 9.78. The highest BCUT2D eigenvalue weighted by Crippen LogP contribution is 2.41. The van der Waals surface area contributed by atoms with Gasteiger partial charge in [0.15, 0.2) is 16.7 Å². The fourth-order valence-electron chi connectivity index (χ4n) is 4.57. The number of aromatic nitrogens is 1. The van der Waals surface area contributed by atoms with Crippen molar-refractivity contribution in [1.29, 1.82) is 0 Å². The second kappa shape index (κ2) is 8.16. The summed E-state index contributed by atoms with van der Waals surface area (Å²) in [6, 6.07) is 9.34. The van der Waals surface area contributed by atoms with Crippen molar-refractivity contribution in [3.8, 4) is 17.0 Å². The molecular formula is C23H21F3N2O2S. The van der Waals surface area contributed by atoms with Crippen LogP contribution in [0.15, 0.2) is 47.8 Å². The van der Waals surface area contributed by atoms with Gasteiger partial charge in [0.05, 0.1) is 11.8 Å². The fourth-order valence-corrected chi connectivity index (χ4v) is 5.42. The van der Waals surface area contributed by atoms with Crippen LogP contribution in [0, 0.1) is 29.3 Å². The number of ether oxygens (including phenoxy) is 1. The molecule has 2 aromatic carbocycles. The van der Waals surface area contributed by atoms with Gasteiger partial charge in [0, 0.05) is 30.1 Å². The lowest BCUT2D eigenvalue weighted by Crippen LogP contribution is -2.42. The van der Waals surface area contributed by atoms with Gasteiger partial charge in [-0.1, -0.05) is 0 Å². The van der Waals surface area contributed by atoms with Crippen LogP contribution in [0.3, 0.4) is 0 Å². The van der Waals surface area contributed by atoms with Gasteiger partial charge in [0.1, 0.15) is 17.7 Å². The maximum atomic E-state index is 14.0. The summed E-state index contributed by atoms with van der Waals surface area (Å²) in [6.07, 6.45) is -0.216. The molecule has 1 aromatic heterocycles. The number of nitrogens with zero attached hydrogens (tertiary/aromatic N) is 2. The maximum Gasteiger partial charge on any atom is 0.185 e. The molecular weight excluding hydrogens is 425 g/mol. The van der Waals surface area contributed by atoms with E-state index in [4.69, 9.17) is 9.72 Å². The summed E-state index contributed by atoms with van der Waals surface area (Å²) < 4.78 is 46.3. The van der Waals surface area contributed by atoms with Crippen LogP contribution in [-0.4, -0.2) is 35.4 Å². The molecule has 2 aliphatic rings. The molecule has 162 valence electrons. The lowest BCUT2D eigenvalue weighted by molar-refractivity contribution is -0.0247. The molecule has 0 radical (unpaired) electrons. The molecule has 0 bridgehead atoms. The van der Waals surface area contributed by atoms with Gasteiger partial charge >= 0.3 is 0 Å². The van der Waals surface area contributed by atoms with E-state index >= 15 is 0 Å². The highest BCUT2D eigenvalue weighted by molar-refractivity contribution is 7.14. The Hall–Kier alpha value is -2.58. The van der Waals surface area contributed by atoms with Gasteiger partial charge in [0.2, 0.25) is 0 Å². The van der Waals surface area contributed by atoms with E-state index in [1.807, 2.05) is 5.38 Å². The zero-order valence-electron chi connectivity index (χ0n) is 16.5. The number of hydrogen-bond donors (Lipinski definition) is 1. The number of aliphatic hydroxyl groups is 1. The van der Waals surface area contributed by atoms with E-state index < -0.39 is 23.8 Å². The van der Waals surface area contributed by atoms with Crippen LogP contribution in [0.4, 0.5) is 18.3 Å². The van der Waals surface area contributed by atoms with Gasteiger partial charge in [-0.05, 0) is 61.1 Å². The molecule has 1 N–H and O–H groups in total.